The molecular formula is C24H26N4O5. The van der Waals surface area contributed by atoms with Gasteiger partial charge >= 0.3 is 5.97 Å². The van der Waals surface area contributed by atoms with Crippen molar-refractivity contribution in [1.29, 1.82) is 0 Å². The number of nitrogens with zero attached hydrogens (tertiary/aromatic N) is 1. The van der Waals surface area contributed by atoms with Crippen LogP contribution in [0.2, 0.25) is 0 Å². The number of nitrogens with one attached hydrogen (secondary N) is 3. The fourth-order valence-corrected chi connectivity index (χ4v) is 3.99. The predicted octanol–water partition coefficient (Wildman–Crippen LogP) is 3.86. The number of aromatic nitrogens is 2. The summed E-state index contributed by atoms with van der Waals surface area (Å²) in [6, 6.07) is 11.0. The highest BCUT2D eigenvalue weighted by Crippen LogP contribution is 2.25. The molecule has 172 valence electrons. The third kappa shape index (κ3) is 4.72. The van der Waals surface area contributed by atoms with Gasteiger partial charge < -0.3 is 20.0 Å². The Bertz CT molecular complexity index is 1320. The average Bonchev–Trinajstić information content (AvgIpc) is 3.37. The molecule has 4 aromatic rings. The molecular weight excluding hydrogens is 424 g/mol. The molecule has 5 rings (SSSR count). The number of H-pyrrole nitrogens is 2. The van der Waals surface area contributed by atoms with Crippen LogP contribution in [0.1, 0.15) is 39.3 Å². The maximum Gasteiger partial charge on any atom is 0.338 e. The van der Waals surface area contributed by atoms with Crippen molar-refractivity contribution in [2.45, 2.75) is 20.3 Å². The van der Waals surface area contributed by atoms with Gasteiger partial charge in [-0.25, -0.2) is 4.79 Å². The summed E-state index contributed by atoms with van der Waals surface area (Å²) in [5.74, 6) is -0.406. The number of aromatic amines is 2. The molecule has 9 nitrogen and oxygen atoms in total. The minimum atomic E-state index is -0.442. The van der Waals surface area contributed by atoms with Crippen LogP contribution in [0.5, 0.6) is 0 Å². The van der Waals surface area contributed by atoms with E-state index in [1.54, 1.807) is 18.3 Å². The topological polar surface area (TPSA) is 130 Å². The van der Waals surface area contributed by atoms with E-state index in [9.17, 15) is 19.7 Å². The standard InChI is InChI=1S/C12H12N2O4.C11H10N2O.CH4/c1-18-12(15)9-3-2-4-10-11(9)8(7-13-10)5-6-14(16)17;14-11-8-2-1-3-9-10(8)7(6-13-9)4-5-12-11;/h2-4,7,13H,5-6H2,1H3;1-3,6,13H,4-5H2,(H,12,14);1H4. The maximum atomic E-state index is 11.7. The first-order valence-corrected chi connectivity index (χ1v) is 10.2. The van der Waals surface area contributed by atoms with Crippen LogP contribution in [0, 0.1) is 10.1 Å². The second kappa shape index (κ2) is 9.99. The van der Waals surface area contributed by atoms with E-state index >= 15 is 0 Å². The lowest BCUT2D eigenvalue weighted by atomic mass is 10.0. The summed E-state index contributed by atoms with van der Waals surface area (Å²) in [5.41, 5.74) is 5.02. The second-order valence-corrected chi connectivity index (χ2v) is 7.39. The summed E-state index contributed by atoms with van der Waals surface area (Å²) in [5, 5.41) is 15.1. The third-order valence-electron chi connectivity index (χ3n) is 5.47. The second-order valence-electron chi connectivity index (χ2n) is 7.39. The van der Waals surface area contributed by atoms with Gasteiger partial charge in [0.15, 0.2) is 0 Å². The zero-order chi connectivity index (χ0) is 22.7. The molecule has 3 N–H and O–H groups in total. The van der Waals surface area contributed by atoms with E-state index in [4.69, 9.17) is 4.74 Å². The zero-order valence-electron chi connectivity index (χ0n) is 17.4. The number of carbonyl (C=O) groups is 2. The summed E-state index contributed by atoms with van der Waals surface area (Å²) in [4.78, 5) is 39.5. The Morgan fingerprint density at radius 2 is 1.79 bits per heavy atom. The number of methoxy groups -OCH3 is 1. The van der Waals surface area contributed by atoms with E-state index in [0.717, 1.165) is 40.5 Å². The number of hydrogen-bond donors (Lipinski definition) is 3. The fourth-order valence-electron chi connectivity index (χ4n) is 3.99. The summed E-state index contributed by atoms with van der Waals surface area (Å²) < 4.78 is 4.71. The highest BCUT2D eigenvalue weighted by Gasteiger charge is 2.17. The molecule has 33 heavy (non-hydrogen) atoms. The fraction of sp³-hybridized carbons (Fsp3) is 0.250. The number of carbonyl (C=O) groups excluding carboxylic acids is 2. The highest BCUT2D eigenvalue weighted by molar-refractivity contribution is 6.08. The van der Waals surface area contributed by atoms with E-state index in [2.05, 4.69) is 15.3 Å². The Labute approximate surface area is 190 Å². The molecule has 0 atom stereocenters. The van der Waals surface area contributed by atoms with Gasteiger partial charge in [-0.3, -0.25) is 14.9 Å². The van der Waals surface area contributed by atoms with Crippen molar-refractivity contribution < 1.29 is 19.2 Å². The first-order valence-electron chi connectivity index (χ1n) is 10.2. The Kier molecular flexibility index (Phi) is 7.12. The average molecular weight is 450 g/mol. The molecule has 9 heteroatoms. The number of nitro groups is 1. The van der Waals surface area contributed by atoms with Crippen molar-refractivity contribution in [2.75, 3.05) is 20.2 Å². The van der Waals surface area contributed by atoms with E-state index < -0.39 is 5.97 Å². The molecule has 2 aromatic carbocycles. The lowest BCUT2D eigenvalue weighted by Gasteiger charge is -2.03. The van der Waals surface area contributed by atoms with Crippen LogP contribution in [-0.4, -0.2) is 47.0 Å². The van der Waals surface area contributed by atoms with Crippen LogP contribution in [0.25, 0.3) is 21.8 Å². The minimum Gasteiger partial charge on any atom is -0.465 e. The molecule has 0 aliphatic carbocycles. The number of hydrogen-bond acceptors (Lipinski definition) is 5. The number of rotatable bonds is 4. The van der Waals surface area contributed by atoms with Crippen molar-refractivity contribution in [2.24, 2.45) is 0 Å². The number of esters is 1. The van der Waals surface area contributed by atoms with Gasteiger partial charge in [0.2, 0.25) is 6.54 Å². The van der Waals surface area contributed by atoms with Gasteiger partial charge in [-0.15, -0.1) is 0 Å². The molecule has 0 radical (unpaired) electrons. The van der Waals surface area contributed by atoms with Gasteiger partial charge in [0, 0.05) is 57.7 Å². The van der Waals surface area contributed by atoms with Gasteiger partial charge in [-0.1, -0.05) is 19.6 Å². The van der Waals surface area contributed by atoms with Crippen LogP contribution in [0.3, 0.4) is 0 Å². The SMILES string of the molecule is C.COC(=O)c1cccc2[nH]cc(CC[N+](=O)[O-])c12.O=C1NCCc2c[nH]c3cccc1c23. The van der Waals surface area contributed by atoms with Crippen LogP contribution in [0.4, 0.5) is 0 Å². The summed E-state index contributed by atoms with van der Waals surface area (Å²) in [7, 11) is 1.31. The Balaban J connectivity index is 0.000000185. The summed E-state index contributed by atoms with van der Waals surface area (Å²) in [6.07, 6.45) is 4.87. The normalized spacial score (nSPS) is 12.2. The van der Waals surface area contributed by atoms with Crippen molar-refractivity contribution in [3.8, 4) is 0 Å². The molecule has 1 amide bonds. The van der Waals surface area contributed by atoms with Crippen molar-refractivity contribution in [3.63, 3.8) is 0 Å². The zero-order valence-corrected chi connectivity index (χ0v) is 17.4. The van der Waals surface area contributed by atoms with Crippen molar-refractivity contribution in [1.82, 2.24) is 15.3 Å². The molecule has 0 bridgehead atoms. The molecule has 0 saturated carbocycles. The first kappa shape index (κ1) is 23.5. The van der Waals surface area contributed by atoms with Gasteiger partial charge in [0.05, 0.1) is 12.7 Å². The van der Waals surface area contributed by atoms with E-state index in [0.29, 0.717) is 10.9 Å². The van der Waals surface area contributed by atoms with Crippen molar-refractivity contribution in [3.05, 3.63) is 81.2 Å². The van der Waals surface area contributed by atoms with Crippen LogP contribution < -0.4 is 5.32 Å². The molecule has 0 fully saturated rings. The Morgan fingerprint density at radius 1 is 1.09 bits per heavy atom. The molecule has 3 heterocycles. The van der Waals surface area contributed by atoms with Gasteiger partial charge in [0.25, 0.3) is 5.91 Å². The third-order valence-corrected chi connectivity index (χ3v) is 5.47. The smallest absolute Gasteiger partial charge is 0.338 e. The molecule has 0 unspecified atom stereocenters. The van der Waals surface area contributed by atoms with Gasteiger partial charge in [-0.2, -0.15) is 0 Å². The Morgan fingerprint density at radius 3 is 2.52 bits per heavy atom. The van der Waals surface area contributed by atoms with E-state index in [1.165, 1.54) is 12.7 Å². The predicted molar refractivity (Wildman–Crippen MR) is 126 cm³/mol. The largest absolute Gasteiger partial charge is 0.465 e. The summed E-state index contributed by atoms with van der Waals surface area (Å²) >= 11 is 0. The van der Waals surface area contributed by atoms with Crippen LogP contribution in [0.15, 0.2) is 48.8 Å². The van der Waals surface area contributed by atoms with Crippen LogP contribution in [-0.2, 0) is 17.6 Å². The molecule has 0 spiro atoms. The maximum absolute atomic E-state index is 11.7. The van der Waals surface area contributed by atoms with Crippen molar-refractivity contribution >= 4 is 33.7 Å². The van der Waals surface area contributed by atoms with Gasteiger partial charge in [-0.05, 0) is 41.8 Å². The Hall–Kier alpha value is -4.14. The number of amides is 1. The monoisotopic (exact) mass is 450 g/mol. The first-order chi connectivity index (χ1) is 15.5. The summed E-state index contributed by atoms with van der Waals surface area (Å²) in [6.45, 7) is 0.558. The number of benzene rings is 2. The van der Waals surface area contributed by atoms with E-state index in [1.807, 2.05) is 30.5 Å². The molecule has 0 saturated heterocycles. The van der Waals surface area contributed by atoms with Gasteiger partial charge in [0.1, 0.15) is 0 Å². The lowest BCUT2D eigenvalue weighted by Crippen LogP contribution is -2.23. The number of ether oxygens (including phenoxy) is 1. The van der Waals surface area contributed by atoms with E-state index in [-0.39, 0.29) is 31.2 Å². The van der Waals surface area contributed by atoms with Crippen LogP contribution >= 0.6 is 0 Å². The molecule has 1 aliphatic heterocycles. The minimum absolute atomic E-state index is 0. The lowest BCUT2D eigenvalue weighted by molar-refractivity contribution is -0.479. The quantitative estimate of drug-likeness (QED) is 0.247. The highest BCUT2D eigenvalue weighted by atomic mass is 16.6. The molecule has 1 aliphatic rings. The number of fused-ring (bicyclic) bond motifs is 1. The molecule has 2 aromatic heterocycles.